The number of hydrogen-bond donors (Lipinski definition) is 1. The molecule has 1 unspecified atom stereocenters. The van der Waals surface area contributed by atoms with Gasteiger partial charge in [-0.3, -0.25) is 14.5 Å². The van der Waals surface area contributed by atoms with Crippen molar-refractivity contribution in [3.63, 3.8) is 0 Å². The molecule has 5 rings (SSSR count). The summed E-state index contributed by atoms with van der Waals surface area (Å²) in [5, 5.41) is 9.80. The standard InChI is InChI=1S/C24H14ClNO4/c25-16-5-2-6-17(12-16)26-19-10-8-13-7-9-18(21(23(26)28)20(13)22(19)27)14-3-1-4-15(11-14)24(29)30/h1-12,19H,(H,29,30). The van der Waals surface area contributed by atoms with Gasteiger partial charge in [-0.15, -0.1) is 0 Å². The highest BCUT2D eigenvalue weighted by Gasteiger charge is 2.42. The average molecular weight is 416 g/mol. The van der Waals surface area contributed by atoms with Crippen LogP contribution in [0.15, 0.2) is 66.7 Å². The normalized spacial score (nSPS) is 16.7. The van der Waals surface area contributed by atoms with Gasteiger partial charge in [0.1, 0.15) is 6.04 Å². The molecule has 0 saturated heterocycles. The number of carbonyl (C=O) groups excluding carboxylic acids is 2. The maximum Gasteiger partial charge on any atom is 0.335 e. The van der Waals surface area contributed by atoms with E-state index in [0.29, 0.717) is 33.0 Å². The molecule has 146 valence electrons. The number of halogens is 1. The number of carboxylic acids is 1. The van der Waals surface area contributed by atoms with Gasteiger partial charge < -0.3 is 5.11 Å². The summed E-state index contributed by atoms with van der Waals surface area (Å²) in [6, 6.07) is 16.0. The van der Waals surface area contributed by atoms with E-state index in [9.17, 15) is 19.5 Å². The second-order valence-corrected chi connectivity index (χ2v) is 7.60. The van der Waals surface area contributed by atoms with Crippen LogP contribution in [0.2, 0.25) is 5.02 Å². The summed E-state index contributed by atoms with van der Waals surface area (Å²) in [7, 11) is 0. The van der Waals surface area contributed by atoms with Gasteiger partial charge in [0.2, 0.25) is 0 Å². The Bertz CT molecular complexity index is 1290. The fourth-order valence-corrected chi connectivity index (χ4v) is 4.27. The summed E-state index contributed by atoms with van der Waals surface area (Å²) in [4.78, 5) is 39.8. The molecule has 3 aromatic carbocycles. The highest BCUT2D eigenvalue weighted by Crippen LogP contribution is 2.40. The number of amides is 1. The summed E-state index contributed by atoms with van der Waals surface area (Å²) in [6.07, 6.45) is 3.56. The molecule has 2 bridgehead atoms. The molecule has 30 heavy (non-hydrogen) atoms. The number of carboxylic acid groups (broad SMARTS) is 1. The molecule has 1 atom stereocenters. The number of Topliss-reactive ketones (excluding diaryl/α,β-unsaturated/α-hetero) is 1. The van der Waals surface area contributed by atoms with Crippen molar-refractivity contribution in [3.05, 3.63) is 94.0 Å². The number of anilines is 1. The molecule has 3 aromatic rings. The molecule has 1 amide bonds. The summed E-state index contributed by atoms with van der Waals surface area (Å²) < 4.78 is 0. The monoisotopic (exact) mass is 415 g/mol. The van der Waals surface area contributed by atoms with E-state index in [1.807, 2.05) is 6.08 Å². The van der Waals surface area contributed by atoms with Crippen LogP contribution in [0.1, 0.15) is 36.6 Å². The zero-order valence-electron chi connectivity index (χ0n) is 15.5. The van der Waals surface area contributed by atoms with Gasteiger partial charge in [0.25, 0.3) is 5.91 Å². The maximum atomic E-state index is 13.7. The Labute approximate surface area is 176 Å². The molecule has 5 nitrogen and oxygen atoms in total. The lowest BCUT2D eigenvalue weighted by Crippen LogP contribution is -2.50. The van der Waals surface area contributed by atoms with E-state index < -0.39 is 12.0 Å². The van der Waals surface area contributed by atoms with Crippen LogP contribution in [0.5, 0.6) is 0 Å². The second kappa shape index (κ2) is 6.68. The van der Waals surface area contributed by atoms with Crippen molar-refractivity contribution in [1.29, 1.82) is 0 Å². The summed E-state index contributed by atoms with van der Waals surface area (Å²) >= 11 is 6.13. The number of nitrogens with zero attached hydrogens (tertiary/aromatic N) is 1. The minimum Gasteiger partial charge on any atom is -0.478 e. The first kappa shape index (κ1) is 18.3. The van der Waals surface area contributed by atoms with Crippen LogP contribution in [-0.4, -0.2) is 28.8 Å². The number of hydrogen-bond acceptors (Lipinski definition) is 3. The Hall–Kier alpha value is -3.70. The van der Waals surface area contributed by atoms with Crippen molar-refractivity contribution < 1.29 is 19.5 Å². The van der Waals surface area contributed by atoms with Gasteiger partial charge >= 0.3 is 5.97 Å². The number of carbonyl (C=O) groups is 3. The van der Waals surface area contributed by atoms with Crippen LogP contribution in [0, 0.1) is 0 Å². The highest BCUT2D eigenvalue weighted by atomic mass is 35.5. The molecule has 1 aliphatic heterocycles. The average Bonchev–Trinajstić information content (AvgIpc) is 2.74. The lowest BCUT2D eigenvalue weighted by molar-refractivity contribution is 0.0696. The third-order valence-corrected chi connectivity index (χ3v) is 5.66. The van der Waals surface area contributed by atoms with Crippen molar-refractivity contribution in [3.8, 4) is 11.1 Å². The molecule has 0 aromatic heterocycles. The Morgan fingerprint density at radius 3 is 2.53 bits per heavy atom. The minimum atomic E-state index is -1.06. The van der Waals surface area contributed by atoms with E-state index in [0.717, 1.165) is 0 Å². The molecule has 6 heteroatoms. The van der Waals surface area contributed by atoms with Crippen LogP contribution in [-0.2, 0) is 0 Å². The lowest BCUT2D eigenvalue weighted by Gasteiger charge is -2.37. The smallest absolute Gasteiger partial charge is 0.335 e. The van der Waals surface area contributed by atoms with Gasteiger partial charge in [0.05, 0.1) is 11.1 Å². The number of fused-ring (bicyclic) bond motifs is 1. The van der Waals surface area contributed by atoms with Gasteiger partial charge in [-0.1, -0.05) is 54.1 Å². The molecule has 0 saturated carbocycles. The van der Waals surface area contributed by atoms with E-state index in [2.05, 4.69) is 0 Å². The van der Waals surface area contributed by atoms with Crippen molar-refractivity contribution in [2.24, 2.45) is 0 Å². The fraction of sp³-hybridized carbons (Fsp3) is 0.0417. The first-order valence-electron chi connectivity index (χ1n) is 9.28. The number of ketones is 1. The van der Waals surface area contributed by atoms with E-state index in [4.69, 9.17) is 11.6 Å². The predicted molar refractivity (Wildman–Crippen MR) is 114 cm³/mol. The second-order valence-electron chi connectivity index (χ2n) is 7.16. The van der Waals surface area contributed by atoms with Crippen molar-refractivity contribution in [1.82, 2.24) is 0 Å². The maximum absolute atomic E-state index is 13.7. The van der Waals surface area contributed by atoms with Crippen LogP contribution in [0.3, 0.4) is 0 Å². The van der Waals surface area contributed by atoms with Crippen molar-refractivity contribution >= 4 is 41.0 Å². The van der Waals surface area contributed by atoms with E-state index in [-0.39, 0.29) is 22.8 Å². The molecule has 1 aliphatic carbocycles. The Balaban J connectivity index is 1.76. The fourth-order valence-electron chi connectivity index (χ4n) is 4.09. The molecule has 0 radical (unpaired) electrons. The van der Waals surface area contributed by atoms with Gasteiger partial charge in [0.15, 0.2) is 5.78 Å². The Morgan fingerprint density at radius 2 is 1.77 bits per heavy atom. The number of aromatic carboxylic acids is 1. The van der Waals surface area contributed by atoms with E-state index >= 15 is 0 Å². The topological polar surface area (TPSA) is 74.7 Å². The van der Waals surface area contributed by atoms with Crippen LogP contribution < -0.4 is 4.90 Å². The Morgan fingerprint density at radius 1 is 0.967 bits per heavy atom. The summed E-state index contributed by atoms with van der Waals surface area (Å²) in [5.41, 5.74) is 3.06. The quantitative estimate of drug-likeness (QED) is 0.657. The highest BCUT2D eigenvalue weighted by molar-refractivity contribution is 6.31. The van der Waals surface area contributed by atoms with Crippen LogP contribution in [0.25, 0.3) is 17.2 Å². The molecular formula is C24H14ClNO4. The third-order valence-electron chi connectivity index (χ3n) is 5.43. The Kier molecular flexibility index (Phi) is 4.08. The SMILES string of the molecule is O=C(O)c1cccc(-c2ccc3c4c2C(=O)N(c2cccc(Cl)c2)C(C=C3)C4=O)c1. The number of rotatable bonds is 3. The minimum absolute atomic E-state index is 0.108. The van der Waals surface area contributed by atoms with Gasteiger partial charge in [-0.25, -0.2) is 4.79 Å². The van der Waals surface area contributed by atoms with Crippen LogP contribution in [0.4, 0.5) is 5.69 Å². The largest absolute Gasteiger partial charge is 0.478 e. The molecule has 1 N–H and O–H groups in total. The molecule has 1 heterocycles. The predicted octanol–water partition coefficient (Wildman–Crippen LogP) is 4.94. The van der Waals surface area contributed by atoms with Gasteiger partial charge in [-0.05, 0) is 47.0 Å². The van der Waals surface area contributed by atoms with Crippen molar-refractivity contribution in [2.45, 2.75) is 6.04 Å². The zero-order valence-corrected chi connectivity index (χ0v) is 16.3. The summed E-state index contributed by atoms with van der Waals surface area (Å²) in [6.45, 7) is 0. The first-order valence-corrected chi connectivity index (χ1v) is 9.66. The summed E-state index contributed by atoms with van der Waals surface area (Å²) in [5.74, 6) is -1.55. The zero-order chi connectivity index (χ0) is 21.0. The van der Waals surface area contributed by atoms with E-state index in [1.54, 1.807) is 54.6 Å². The van der Waals surface area contributed by atoms with Gasteiger partial charge in [0, 0.05) is 16.3 Å². The number of benzene rings is 3. The molecule has 0 fully saturated rings. The first-order chi connectivity index (χ1) is 14.5. The third kappa shape index (κ3) is 2.67. The lowest BCUT2D eigenvalue weighted by atomic mass is 9.80. The molecule has 0 spiro atoms. The van der Waals surface area contributed by atoms with Crippen LogP contribution >= 0.6 is 11.6 Å². The van der Waals surface area contributed by atoms with Crippen molar-refractivity contribution in [2.75, 3.05) is 4.90 Å². The molecular weight excluding hydrogens is 402 g/mol. The van der Waals surface area contributed by atoms with Gasteiger partial charge in [-0.2, -0.15) is 0 Å². The van der Waals surface area contributed by atoms with E-state index in [1.165, 1.54) is 17.0 Å². The molecule has 2 aliphatic rings.